The summed E-state index contributed by atoms with van der Waals surface area (Å²) in [6.07, 6.45) is 2.86. The van der Waals surface area contributed by atoms with Crippen molar-refractivity contribution in [3.8, 4) is 22.2 Å². The third kappa shape index (κ3) is 3.05. The van der Waals surface area contributed by atoms with Gasteiger partial charge in [0, 0.05) is 16.0 Å². The predicted octanol–water partition coefficient (Wildman–Crippen LogP) is 4.93. The number of nitrogens with zero attached hydrogens (tertiary/aromatic N) is 3. The first-order valence-electron chi connectivity index (χ1n) is 7.10. The first-order chi connectivity index (χ1) is 11.0. The minimum absolute atomic E-state index is 0. The lowest BCUT2D eigenvalue weighted by Crippen LogP contribution is -2.44. The van der Waals surface area contributed by atoms with Gasteiger partial charge in [0.25, 0.3) is 5.89 Å². The van der Waals surface area contributed by atoms with E-state index in [1.807, 2.05) is 11.4 Å². The molecule has 1 aliphatic carbocycles. The van der Waals surface area contributed by atoms with E-state index in [-0.39, 0.29) is 12.4 Å². The van der Waals surface area contributed by atoms with Crippen LogP contribution in [0.2, 0.25) is 10.0 Å². The standard InChI is InChI=1S/C15H12Cl2N4OS.ClH/c16-8-2-3-9(10(17)6-8)13-19-11(7-23-13)12-20-14(21-22-12)15(18)4-1-5-15;/h2-3,6-7H,1,4-5,18H2;1H. The van der Waals surface area contributed by atoms with Crippen LogP contribution in [-0.4, -0.2) is 15.1 Å². The van der Waals surface area contributed by atoms with Gasteiger partial charge in [-0.1, -0.05) is 28.4 Å². The van der Waals surface area contributed by atoms with Crippen LogP contribution in [0.4, 0.5) is 0 Å². The minimum atomic E-state index is -0.444. The van der Waals surface area contributed by atoms with Crippen LogP contribution in [0.5, 0.6) is 0 Å². The summed E-state index contributed by atoms with van der Waals surface area (Å²) in [5.74, 6) is 0.933. The van der Waals surface area contributed by atoms with E-state index in [0.29, 0.717) is 27.5 Å². The van der Waals surface area contributed by atoms with Crippen molar-refractivity contribution in [1.29, 1.82) is 0 Å². The molecule has 0 atom stereocenters. The molecule has 3 aromatic rings. The number of aromatic nitrogens is 3. The van der Waals surface area contributed by atoms with Gasteiger partial charge in [0.15, 0.2) is 5.82 Å². The molecule has 0 spiro atoms. The van der Waals surface area contributed by atoms with Crippen LogP contribution in [0.15, 0.2) is 28.1 Å². The van der Waals surface area contributed by atoms with E-state index < -0.39 is 5.54 Å². The van der Waals surface area contributed by atoms with E-state index in [4.69, 9.17) is 33.5 Å². The first kappa shape index (κ1) is 17.6. The lowest BCUT2D eigenvalue weighted by molar-refractivity contribution is 0.229. The summed E-state index contributed by atoms with van der Waals surface area (Å²) < 4.78 is 5.32. The number of hydrogen-bond acceptors (Lipinski definition) is 6. The average molecular weight is 404 g/mol. The SMILES string of the molecule is Cl.NC1(c2noc(-c3csc(-c4ccc(Cl)cc4Cl)n3)n2)CCC1. The molecule has 0 aliphatic heterocycles. The molecule has 1 saturated carbocycles. The molecule has 24 heavy (non-hydrogen) atoms. The second-order valence-corrected chi connectivity index (χ2v) is 7.30. The maximum Gasteiger partial charge on any atom is 0.277 e. The third-order valence-corrected chi connectivity index (χ3v) is 5.43. The van der Waals surface area contributed by atoms with Gasteiger partial charge < -0.3 is 10.3 Å². The fourth-order valence-electron chi connectivity index (χ4n) is 2.47. The zero-order chi connectivity index (χ0) is 16.0. The van der Waals surface area contributed by atoms with Crippen molar-refractivity contribution in [3.05, 3.63) is 39.4 Å². The molecule has 0 unspecified atom stereocenters. The summed E-state index contributed by atoms with van der Waals surface area (Å²) in [6, 6.07) is 5.32. The zero-order valence-electron chi connectivity index (χ0n) is 12.3. The van der Waals surface area contributed by atoms with Gasteiger partial charge in [-0.25, -0.2) is 4.98 Å². The van der Waals surface area contributed by atoms with Gasteiger partial charge in [-0.3, -0.25) is 0 Å². The molecule has 5 nitrogen and oxygen atoms in total. The molecular weight excluding hydrogens is 391 g/mol. The molecule has 1 aliphatic rings. The average Bonchev–Trinajstić information content (AvgIpc) is 3.13. The zero-order valence-corrected chi connectivity index (χ0v) is 15.5. The van der Waals surface area contributed by atoms with Crippen molar-refractivity contribution >= 4 is 46.9 Å². The molecule has 4 rings (SSSR count). The van der Waals surface area contributed by atoms with Crippen molar-refractivity contribution < 1.29 is 4.52 Å². The number of thiazole rings is 1. The van der Waals surface area contributed by atoms with Crippen LogP contribution in [0, 0.1) is 0 Å². The molecule has 2 aromatic heterocycles. The van der Waals surface area contributed by atoms with Gasteiger partial charge in [-0.05, 0) is 37.5 Å². The van der Waals surface area contributed by atoms with Crippen LogP contribution in [-0.2, 0) is 5.54 Å². The van der Waals surface area contributed by atoms with E-state index in [1.165, 1.54) is 11.3 Å². The Labute approximate surface area is 158 Å². The number of nitrogens with two attached hydrogens (primary N) is 1. The van der Waals surface area contributed by atoms with Crippen molar-refractivity contribution in [3.63, 3.8) is 0 Å². The number of hydrogen-bond donors (Lipinski definition) is 1. The highest BCUT2D eigenvalue weighted by atomic mass is 35.5. The molecule has 1 aromatic carbocycles. The second kappa shape index (κ2) is 6.61. The fourth-order valence-corrected chi connectivity index (χ4v) is 3.86. The highest BCUT2D eigenvalue weighted by Gasteiger charge is 2.39. The van der Waals surface area contributed by atoms with Gasteiger partial charge in [-0.15, -0.1) is 23.7 Å². The fraction of sp³-hybridized carbons (Fsp3) is 0.267. The predicted molar refractivity (Wildman–Crippen MR) is 97.8 cm³/mol. The summed E-state index contributed by atoms with van der Waals surface area (Å²) in [4.78, 5) is 8.94. The summed E-state index contributed by atoms with van der Waals surface area (Å²) >= 11 is 13.6. The van der Waals surface area contributed by atoms with Gasteiger partial charge >= 0.3 is 0 Å². The van der Waals surface area contributed by atoms with E-state index in [2.05, 4.69) is 15.1 Å². The lowest BCUT2D eigenvalue weighted by atomic mass is 9.77. The van der Waals surface area contributed by atoms with Gasteiger partial charge in [0.05, 0.1) is 10.6 Å². The number of rotatable bonds is 3. The Balaban J connectivity index is 0.00000169. The molecular formula is C15H13Cl3N4OS. The minimum Gasteiger partial charge on any atom is -0.332 e. The Morgan fingerprint density at radius 2 is 2.00 bits per heavy atom. The summed E-state index contributed by atoms with van der Waals surface area (Å²) in [6.45, 7) is 0. The topological polar surface area (TPSA) is 77.8 Å². The Bertz CT molecular complexity index is 875. The van der Waals surface area contributed by atoms with E-state index in [1.54, 1.807) is 12.1 Å². The molecule has 0 amide bonds. The van der Waals surface area contributed by atoms with Crippen LogP contribution in [0.25, 0.3) is 22.2 Å². The van der Waals surface area contributed by atoms with Gasteiger partial charge in [0.2, 0.25) is 0 Å². The smallest absolute Gasteiger partial charge is 0.277 e. The molecule has 2 N–H and O–H groups in total. The van der Waals surface area contributed by atoms with E-state index in [0.717, 1.165) is 29.8 Å². The third-order valence-electron chi connectivity index (χ3n) is 4.00. The van der Waals surface area contributed by atoms with Crippen LogP contribution in [0.3, 0.4) is 0 Å². The summed E-state index contributed by atoms with van der Waals surface area (Å²) in [7, 11) is 0. The van der Waals surface area contributed by atoms with E-state index >= 15 is 0 Å². The highest BCUT2D eigenvalue weighted by Crippen LogP contribution is 2.38. The first-order valence-corrected chi connectivity index (χ1v) is 8.73. The van der Waals surface area contributed by atoms with Gasteiger partial charge in [-0.2, -0.15) is 4.98 Å². The number of benzene rings is 1. The summed E-state index contributed by atoms with van der Waals surface area (Å²) in [5.41, 5.74) is 7.21. The maximum absolute atomic E-state index is 6.22. The van der Waals surface area contributed by atoms with Crippen molar-refractivity contribution in [1.82, 2.24) is 15.1 Å². The molecule has 2 heterocycles. The molecule has 0 saturated heterocycles. The Morgan fingerprint density at radius 3 is 2.67 bits per heavy atom. The quantitative estimate of drug-likeness (QED) is 0.671. The Morgan fingerprint density at radius 1 is 1.21 bits per heavy atom. The van der Waals surface area contributed by atoms with Crippen LogP contribution in [0.1, 0.15) is 25.1 Å². The van der Waals surface area contributed by atoms with E-state index in [9.17, 15) is 0 Å². The monoisotopic (exact) mass is 402 g/mol. The molecule has 1 fully saturated rings. The number of halogens is 3. The molecule has 9 heteroatoms. The maximum atomic E-state index is 6.22. The van der Waals surface area contributed by atoms with Crippen molar-refractivity contribution in [2.24, 2.45) is 5.73 Å². The van der Waals surface area contributed by atoms with Gasteiger partial charge in [0.1, 0.15) is 10.7 Å². The van der Waals surface area contributed by atoms with Crippen LogP contribution < -0.4 is 5.73 Å². The molecule has 126 valence electrons. The van der Waals surface area contributed by atoms with Crippen molar-refractivity contribution in [2.45, 2.75) is 24.8 Å². The highest BCUT2D eigenvalue weighted by molar-refractivity contribution is 7.13. The lowest BCUT2D eigenvalue weighted by Gasteiger charge is -2.34. The van der Waals surface area contributed by atoms with Crippen molar-refractivity contribution in [2.75, 3.05) is 0 Å². The second-order valence-electron chi connectivity index (χ2n) is 5.59. The molecule has 0 radical (unpaired) electrons. The largest absolute Gasteiger partial charge is 0.332 e. The van der Waals surface area contributed by atoms with Crippen LogP contribution >= 0.6 is 46.9 Å². The normalized spacial score (nSPS) is 15.6. The molecule has 0 bridgehead atoms. The summed E-state index contributed by atoms with van der Waals surface area (Å²) in [5, 5.41) is 7.79. The Hall–Kier alpha value is -1.18. The Kier molecular flexibility index (Phi) is 4.86.